The molecule has 1 unspecified atom stereocenters. The molecule has 0 spiro atoms. The smallest absolute Gasteiger partial charge is 0.191 e. The molecule has 0 aliphatic carbocycles. The van der Waals surface area contributed by atoms with Crippen LogP contribution in [-0.2, 0) is 0 Å². The van der Waals surface area contributed by atoms with Gasteiger partial charge in [0.15, 0.2) is 17.6 Å². The predicted molar refractivity (Wildman–Crippen MR) is 126 cm³/mol. The van der Waals surface area contributed by atoms with Crippen molar-refractivity contribution in [2.75, 3.05) is 50.7 Å². The average Bonchev–Trinajstić information content (AvgIpc) is 3.13. The topological polar surface area (TPSA) is 55.8 Å². The van der Waals surface area contributed by atoms with Gasteiger partial charge in [-0.3, -0.25) is 4.99 Å². The summed E-state index contributed by atoms with van der Waals surface area (Å²) >= 11 is 0. The van der Waals surface area contributed by atoms with Crippen molar-refractivity contribution in [1.82, 2.24) is 20.5 Å². The fourth-order valence-corrected chi connectivity index (χ4v) is 3.37. The molecule has 2 rings (SSSR count). The Morgan fingerprint density at radius 1 is 1.32 bits per heavy atom. The molecule has 0 saturated carbocycles. The van der Waals surface area contributed by atoms with Crippen molar-refractivity contribution >= 4 is 35.8 Å². The summed E-state index contributed by atoms with van der Waals surface area (Å²) in [6, 6.07) is 3.34. The van der Waals surface area contributed by atoms with E-state index in [-0.39, 0.29) is 35.8 Å². The lowest BCUT2D eigenvalue weighted by Gasteiger charge is -2.20. The largest absolute Gasteiger partial charge is 0.357 e. The zero-order valence-corrected chi connectivity index (χ0v) is 19.8. The van der Waals surface area contributed by atoms with E-state index in [4.69, 9.17) is 4.99 Å². The van der Waals surface area contributed by atoms with Gasteiger partial charge in [0.25, 0.3) is 0 Å². The minimum Gasteiger partial charge on any atom is -0.357 e. The van der Waals surface area contributed by atoms with Gasteiger partial charge < -0.3 is 20.4 Å². The molecule has 0 aromatic carbocycles. The van der Waals surface area contributed by atoms with E-state index in [1.54, 1.807) is 12.3 Å². The van der Waals surface area contributed by atoms with Crippen LogP contribution in [-0.4, -0.2) is 67.7 Å². The van der Waals surface area contributed by atoms with Crippen LogP contribution in [0.2, 0.25) is 0 Å². The number of nitrogens with zero attached hydrogens (tertiary/aromatic N) is 4. The molecule has 2 N–H and O–H groups in total. The first kappa shape index (κ1) is 24.9. The number of hydrogen-bond donors (Lipinski definition) is 2. The maximum absolute atomic E-state index is 13.9. The van der Waals surface area contributed by atoms with Gasteiger partial charge in [-0.1, -0.05) is 13.8 Å². The Morgan fingerprint density at radius 2 is 2.11 bits per heavy atom. The quantitative estimate of drug-likeness (QED) is 0.221. The number of halogens is 2. The van der Waals surface area contributed by atoms with Gasteiger partial charge in [0.2, 0.25) is 0 Å². The minimum absolute atomic E-state index is 0. The Hall–Kier alpha value is -1.16. The van der Waals surface area contributed by atoms with E-state index in [1.165, 1.54) is 12.5 Å². The van der Waals surface area contributed by atoms with Gasteiger partial charge in [0.1, 0.15) is 0 Å². The third-order valence-corrected chi connectivity index (χ3v) is 4.96. The summed E-state index contributed by atoms with van der Waals surface area (Å²) in [6.07, 6.45) is 4.84. The van der Waals surface area contributed by atoms with Crippen LogP contribution in [0.3, 0.4) is 0 Å². The maximum Gasteiger partial charge on any atom is 0.191 e. The molecule has 2 heterocycles. The zero-order chi connectivity index (χ0) is 19.5. The number of rotatable bonds is 10. The summed E-state index contributed by atoms with van der Waals surface area (Å²) in [5.74, 6) is 1.04. The van der Waals surface area contributed by atoms with Crippen LogP contribution < -0.4 is 15.5 Å². The Balaban J connectivity index is 0.00000392. The first-order valence-electron chi connectivity index (χ1n) is 10.3. The van der Waals surface area contributed by atoms with Crippen LogP contribution in [0.1, 0.15) is 40.0 Å². The molecular weight excluding hydrogens is 470 g/mol. The first-order valence-corrected chi connectivity index (χ1v) is 10.3. The van der Waals surface area contributed by atoms with Crippen LogP contribution in [0.5, 0.6) is 0 Å². The van der Waals surface area contributed by atoms with Crippen molar-refractivity contribution in [3.63, 3.8) is 0 Å². The zero-order valence-electron chi connectivity index (χ0n) is 17.5. The molecule has 1 aliphatic heterocycles. The van der Waals surface area contributed by atoms with E-state index >= 15 is 0 Å². The normalized spacial score (nSPS) is 17.0. The molecule has 1 aromatic heterocycles. The summed E-state index contributed by atoms with van der Waals surface area (Å²) < 4.78 is 13.9. The highest BCUT2D eigenvalue weighted by atomic mass is 127. The third kappa shape index (κ3) is 8.06. The van der Waals surface area contributed by atoms with Gasteiger partial charge in [0, 0.05) is 38.4 Å². The standard InChI is InChI=1S/C20H35FN6.HI/c1-4-22-20(24-12-7-8-14-26(5-2)6-3)25-17-11-15-27(16-17)19-18(21)10-9-13-23-19;/h9-10,13,17H,4-8,11-12,14-16H2,1-3H3,(H2,22,24,25);1H. The molecule has 6 nitrogen and oxygen atoms in total. The lowest BCUT2D eigenvalue weighted by molar-refractivity contribution is 0.297. The summed E-state index contributed by atoms with van der Waals surface area (Å²) in [5.41, 5.74) is 0. The molecule has 1 aromatic rings. The van der Waals surface area contributed by atoms with Crippen molar-refractivity contribution in [2.24, 2.45) is 4.99 Å². The second-order valence-electron chi connectivity index (χ2n) is 6.88. The first-order chi connectivity index (χ1) is 13.2. The molecule has 1 atom stereocenters. The summed E-state index contributed by atoms with van der Waals surface area (Å²) in [6.45, 7) is 13.0. The monoisotopic (exact) mass is 506 g/mol. The number of aliphatic imine (C=N–C) groups is 1. The van der Waals surface area contributed by atoms with Gasteiger partial charge in [-0.2, -0.15) is 0 Å². The Kier molecular flexibility index (Phi) is 12.4. The van der Waals surface area contributed by atoms with Crippen LogP contribution in [0.15, 0.2) is 23.3 Å². The van der Waals surface area contributed by atoms with E-state index in [2.05, 4.69) is 41.3 Å². The fraction of sp³-hybridized carbons (Fsp3) is 0.700. The molecule has 8 heteroatoms. The Morgan fingerprint density at radius 3 is 2.79 bits per heavy atom. The van der Waals surface area contributed by atoms with E-state index in [0.717, 1.165) is 64.6 Å². The van der Waals surface area contributed by atoms with Gasteiger partial charge in [-0.25, -0.2) is 9.37 Å². The van der Waals surface area contributed by atoms with Gasteiger partial charge in [-0.05, 0) is 58.0 Å². The summed E-state index contributed by atoms with van der Waals surface area (Å²) in [5, 5.41) is 6.81. The van der Waals surface area contributed by atoms with Crippen LogP contribution in [0.4, 0.5) is 10.2 Å². The van der Waals surface area contributed by atoms with Crippen molar-refractivity contribution in [3.05, 3.63) is 24.1 Å². The van der Waals surface area contributed by atoms with Gasteiger partial charge >= 0.3 is 0 Å². The maximum atomic E-state index is 13.9. The fourth-order valence-electron chi connectivity index (χ4n) is 3.37. The third-order valence-electron chi connectivity index (χ3n) is 4.96. The summed E-state index contributed by atoms with van der Waals surface area (Å²) in [7, 11) is 0. The van der Waals surface area contributed by atoms with E-state index in [1.807, 2.05) is 4.90 Å². The van der Waals surface area contributed by atoms with Crippen molar-refractivity contribution in [2.45, 2.75) is 46.1 Å². The molecule has 1 aliphatic rings. The summed E-state index contributed by atoms with van der Waals surface area (Å²) in [4.78, 5) is 13.3. The number of unbranched alkanes of at least 4 members (excludes halogenated alkanes) is 1. The molecule has 1 fully saturated rings. The highest BCUT2D eigenvalue weighted by Crippen LogP contribution is 2.20. The highest BCUT2D eigenvalue weighted by Gasteiger charge is 2.25. The SMILES string of the molecule is CCNC(=NCCCCN(CC)CC)NC1CCN(c2ncccc2F)C1.I. The molecule has 0 radical (unpaired) electrons. The van der Waals surface area contributed by atoms with Crippen molar-refractivity contribution < 1.29 is 4.39 Å². The Labute approximate surface area is 186 Å². The molecule has 0 amide bonds. The lowest BCUT2D eigenvalue weighted by atomic mass is 10.2. The number of hydrogen-bond acceptors (Lipinski definition) is 4. The van der Waals surface area contributed by atoms with Crippen LogP contribution >= 0.6 is 24.0 Å². The number of pyridine rings is 1. The van der Waals surface area contributed by atoms with Crippen molar-refractivity contribution in [1.29, 1.82) is 0 Å². The second kappa shape index (κ2) is 13.9. The predicted octanol–water partition coefficient (Wildman–Crippen LogP) is 3.09. The molecule has 28 heavy (non-hydrogen) atoms. The van der Waals surface area contributed by atoms with E-state index in [9.17, 15) is 4.39 Å². The van der Waals surface area contributed by atoms with Crippen LogP contribution in [0, 0.1) is 5.82 Å². The molecule has 160 valence electrons. The molecule has 1 saturated heterocycles. The average molecular weight is 506 g/mol. The highest BCUT2D eigenvalue weighted by molar-refractivity contribution is 14.0. The Bertz CT molecular complexity index is 582. The number of aromatic nitrogens is 1. The van der Waals surface area contributed by atoms with Crippen molar-refractivity contribution in [3.8, 4) is 0 Å². The molecular formula is C20H36FIN6. The minimum atomic E-state index is -0.257. The molecule has 0 bridgehead atoms. The van der Waals surface area contributed by atoms with Gasteiger partial charge in [-0.15, -0.1) is 24.0 Å². The number of guanidine groups is 1. The number of nitrogens with one attached hydrogen (secondary N) is 2. The number of anilines is 1. The van der Waals surface area contributed by atoms with Gasteiger partial charge in [0.05, 0.1) is 0 Å². The lowest BCUT2D eigenvalue weighted by Crippen LogP contribution is -2.44. The van der Waals surface area contributed by atoms with E-state index in [0.29, 0.717) is 5.82 Å². The van der Waals surface area contributed by atoms with E-state index < -0.39 is 0 Å². The second-order valence-corrected chi connectivity index (χ2v) is 6.88. The van der Waals surface area contributed by atoms with Crippen LogP contribution in [0.25, 0.3) is 0 Å².